The number of ether oxygens (including phenoxy) is 2. The summed E-state index contributed by atoms with van der Waals surface area (Å²) >= 11 is 12.6. The van der Waals surface area contributed by atoms with Crippen LogP contribution >= 0.6 is 23.2 Å². The molecule has 2 aromatic rings. The van der Waals surface area contributed by atoms with Gasteiger partial charge in [-0.25, -0.2) is 4.68 Å². The van der Waals surface area contributed by atoms with E-state index < -0.39 is 48.2 Å². The van der Waals surface area contributed by atoms with Gasteiger partial charge in [0.05, 0.1) is 37.7 Å². The summed E-state index contributed by atoms with van der Waals surface area (Å²) in [7, 11) is 0. The molecule has 2 aliphatic rings. The van der Waals surface area contributed by atoms with E-state index in [-0.39, 0.29) is 38.6 Å². The van der Waals surface area contributed by atoms with Crippen molar-refractivity contribution in [2.24, 2.45) is 5.92 Å². The molecule has 1 aliphatic heterocycles. The zero-order chi connectivity index (χ0) is 29.5. The van der Waals surface area contributed by atoms with E-state index in [0.717, 1.165) is 0 Å². The molecular weight excluding hydrogens is 575 g/mol. The fourth-order valence-electron chi connectivity index (χ4n) is 4.60. The molecule has 1 aliphatic carbocycles. The fourth-order valence-corrected chi connectivity index (χ4v) is 5.13. The SMILES string of the molecule is CCOC(=O)CC(NC(=O)[C@H](C)N1CCOC2C=CC=CC2C1=O)C(=O)Cn1nnnc1Cc1c(Cl)cccc1Cl. The first-order valence-corrected chi connectivity index (χ1v) is 13.9. The summed E-state index contributed by atoms with van der Waals surface area (Å²) in [5.41, 5.74) is 0.584. The van der Waals surface area contributed by atoms with Crippen molar-refractivity contribution >= 4 is 46.8 Å². The number of carbonyl (C=O) groups excluding carboxylic acids is 4. The maximum Gasteiger partial charge on any atom is 0.308 e. The van der Waals surface area contributed by atoms with Gasteiger partial charge < -0.3 is 19.7 Å². The molecular formula is C27H30Cl2N6O6. The van der Waals surface area contributed by atoms with Gasteiger partial charge in [-0.15, -0.1) is 5.10 Å². The third-order valence-electron chi connectivity index (χ3n) is 6.83. The Morgan fingerprint density at radius 2 is 1.93 bits per heavy atom. The zero-order valence-corrected chi connectivity index (χ0v) is 24.0. The molecule has 12 nitrogen and oxygen atoms in total. The van der Waals surface area contributed by atoms with Crippen LogP contribution in [-0.2, 0) is 41.6 Å². The number of halogens is 2. The number of allylic oxidation sites excluding steroid dienone is 2. The first-order chi connectivity index (χ1) is 19.7. The third-order valence-corrected chi connectivity index (χ3v) is 7.54. The summed E-state index contributed by atoms with van der Waals surface area (Å²) in [6.45, 7) is 3.39. The fraction of sp³-hybridized carbons (Fsp3) is 0.444. The van der Waals surface area contributed by atoms with Crippen LogP contribution in [0, 0.1) is 5.92 Å². The van der Waals surface area contributed by atoms with E-state index in [2.05, 4.69) is 20.8 Å². The molecule has 218 valence electrons. The minimum atomic E-state index is -1.26. The second-order valence-corrected chi connectivity index (χ2v) is 10.3. The largest absolute Gasteiger partial charge is 0.466 e. The number of hydrogen-bond acceptors (Lipinski definition) is 9. The van der Waals surface area contributed by atoms with Gasteiger partial charge in [-0.3, -0.25) is 19.2 Å². The number of tetrazole rings is 1. The number of aromatic nitrogens is 4. The summed E-state index contributed by atoms with van der Waals surface area (Å²) in [4.78, 5) is 53.8. The van der Waals surface area contributed by atoms with E-state index in [4.69, 9.17) is 32.7 Å². The van der Waals surface area contributed by atoms with E-state index >= 15 is 0 Å². The minimum Gasteiger partial charge on any atom is -0.466 e. The van der Waals surface area contributed by atoms with Crippen LogP contribution < -0.4 is 5.32 Å². The topological polar surface area (TPSA) is 146 Å². The van der Waals surface area contributed by atoms with Gasteiger partial charge in [-0.2, -0.15) is 0 Å². The quantitative estimate of drug-likeness (QED) is 0.380. The number of fused-ring (bicyclic) bond motifs is 1. The van der Waals surface area contributed by atoms with Crippen LogP contribution in [0.1, 0.15) is 31.7 Å². The van der Waals surface area contributed by atoms with Crippen molar-refractivity contribution in [3.8, 4) is 0 Å². The Labute approximate surface area is 246 Å². The van der Waals surface area contributed by atoms with Crippen LogP contribution in [-0.4, -0.2) is 86.6 Å². The highest BCUT2D eigenvalue weighted by Gasteiger charge is 2.38. The molecule has 0 saturated carbocycles. The Morgan fingerprint density at radius 3 is 2.66 bits per heavy atom. The summed E-state index contributed by atoms with van der Waals surface area (Å²) in [6.07, 6.45) is 6.45. The third kappa shape index (κ3) is 7.38. The van der Waals surface area contributed by atoms with Crippen LogP contribution in [0.2, 0.25) is 10.0 Å². The molecule has 1 N–H and O–H groups in total. The monoisotopic (exact) mass is 604 g/mol. The van der Waals surface area contributed by atoms with Gasteiger partial charge >= 0.3 is 5.97 Å². The van der Waals surface area contributed by atoms with Crippen molar-refractivity contribution in [2.45, 2.75) is 51.4 Å². The lowest BCUT2D eigenvalue weighted by molar-refractivity contribution is -0.146. The molecule has 4 rings (SSSR count). The summed E-state index contributed by atoms with van der Waals surface area (Å²) in [6, 6.07) is 2.87. The van der Waals surface area contributed by atoms with Crippen molar-refractivity contribution in [1.82, 2.24) is 30.4 Å². The van der Waals surface area contributed by atoms with Crippen LogP contribution in [0.25, 0.3) is 0 Å². The molecule has 0 bridgehead atoms. The van der Waals surface area contributed by atoms with Gasteiger partial charge in [0.1, 0.15) is 12.6 Å². The van der Waals surface area contributed by atoms with Crippen molar-refractivity contribution in [1.29, 1.82) is 0 Å². The minimum absolute atomic E-state index is 0.104. The number of amides is 2. The van der Waals surface area contributed by atoms with Crippen LogP contribution in [0.3, 0.4) is 0 Å². The van der Waals surface area contributed by atoms with Gasteiger partial charge in [-0.1, -0.05) is 53.6 Å². The normalized spacial score (nSPS) is 19.7. The van der Waals surface area contributed by atoms with Crippen molar-refractivity contribution in [2.75, 3.05) is 19.8 Å². The average molecular weight is 605 g/mol. The molecule has 0 spiro atoms. The van der Waals surface area contributed by atoms with Crippen LogP contribution in [0.5, 0.6) is 0 Å². The molecule has 3 unspecified atom stereocenters. The van der Waals surface area contributed by atoms with Crippen LogP contribution in [0.15, 0.2) is 42.5 Å². The predicted octanol–water partition coefficient (Wildman–Crippen LogP) is 1.94. The van der Waals surface area contributed by atoms with Gasteiger partial charge in [0.2, 0.25) is 11.8 Å². The maximum atomic E-state index is 13.4. The Bertz CT molecular complexity index is 1340. The van der Waals surface area contributed by atoms with Crippen molar-refractivity contribution in [3.63, 3.8) is 0 Å². The molecule has 2 amide bonds. The number of benzene rings is 1. The molecule has 14 heteroatoms. The number of rotatable bonds is 11. The lowest BCUT2D eigenvalue weighted by Gasteiger charge is -2.30. The average Bonchev–Trinajstić information content (AvgIpc) is 3.31. The molecule has 1 saturated heterocycles. The smallest absolute Gasteiger partial charge is 0.308 e. The van der Waals surface area contributed by atoms with Gasteiger partial charge in [0.15, 0.2) is 11.6 Å². The molecule has 4 atom stereocenters. The predicted molar refractivity (Wildman–Crippen MR) is 148 cm³/mol. The molecule has 41 heavy (non-hydrogen) atoms. The molecule has 0 radical (unpaired) electrons. The summed E-state index contributed by atoms with van der Waals surface area (Å²) in [5.74, 6) is -2.32. The Hall–Kier alpha value is -3.61. The van der Waals surface area contributed by atoms with Crippen molar-refractivity contribution < 1.29 is 28.7 Å². The van der Waals surface area contributed by atoms with Gasteiger partial charge in [0, 0.05) is 23.0 Å². The lowest BCUT2D eigenvalue weighted by atomic mass is 9.95. The highest BCUT2D eigenvalue weighted by Crippen LogP contribution is 2.26. The lowest BCUT2D eigenvalue weighted by Crippen LogP contribution is -2.54. The molecule has 2 heterocycles. The van der Waals surface area contributed by atoms with Gasteiger partial charge in [0.25, 0.3) is 0 Å². The number of Topliss-reactive ketones (excluding diaryl/α,β-unsaturated/α-hetero) is 1. The second kappa shape index (κ2) is 13.8. The Kier molecular flexibility index (Phi) is 10.2. The zero-order valence-electron chi connectivity index (χ0n) is 22.5. The van der Waals surface area contributed by atoms with Gasteiger partial charge in [-0.05, 0) is 42.0 Å². The van der Waals surface area contributed by atoms with E-state index in [0.29, 0.717) is 21.4 Å². The number of ketones is 1. The number of esters is 1. The number of nitrogens with one attached hydrogen (secondary N) is 1. The first-order valence-electron chi connectivity index (χ1n) is 13.1. The van der Waals surface area contributed by atoms with Crippen molar-refractivity contribution in [3.05, 3.63) is 63.9 Å². The van der Waals surface area contributed by atoms with Crippen LogP contribution in [0.4, 0.5) is 0 Å². The highest BCUT2D eigenvalue weighted by atomic mass is 35.5. The maximum absolute atomic E-state index is 13.4. The number of carbonyl (C=O) groups is 4. The summed E-state index contributed by atoms with van der Waals surface area (Å²) < 4.78 is 12.1. The molecule has 1 aromatic heterocycles. The number of hydrogen-bond donors (Lipinski definition) is 1. The highest BCUT2D eigenvalue weighted by molar-refractivity contribution is 6.36. The first kappa shape index (κ1) is 30.4. The second-order valence-electron chi connectivity index (χ2n) is 9.50. The van der Waals surface area contributed by atoms with E-state index in [1.165, 1.54) is 9.58 Å². The summed E-state index contributed by atoms with van der Waals surface area (Å²) in [5, 5.41) is 15.0. The van der Waals surface area contributed by atoms with E-state index in [1.54, 1.807) is 50.3 Å². The van der Waals surface area contributed by atoms with E-state index in [9.17, 15) is 19.2 Å². The van der Waals surface area contributed by atoms with E-state index in [1.807, 2.05) is 6.08 Å². The standard InChI is InChI=1S/C27H30Cl2N6O6/c1-3-40-25(37)14-21(22(36)15-35-24(31-32-33-35)13-18-19(28)8-6-9-20(18)29)30-26(38)16(2)34-11-12-41-23-10-5-4-7-17(23)27(34)39/h4-10,16-17,21,23H,3,11-15H2,1-2H3,(H,30,38)/t16-,17?,21?,23?/m0/s1. The molecule has 1 aromatic carbocycles. The Morgan fingerprint density at radius 1 is 1.20 bits per heavy atom. The molecule has 1 fully saturated rings. The number of nitrogens with zero attached hydrogens (tertiary/aromatic N) is 5. The Balaban J connectivity index is 1.48.